The molecule has 0 radical (unpaired) electrons. The Labute approximate surface area is 201 Å². The van der Waals surface area contributed by atoms with Crippen LogP contribution in [0.4, 0.5) is 0 Å². The number of rotatable bonds is 7. The maximum atomic E-state index is 13.0. The molecule has 34 heavy (non-hydrogen) atoms. The standard InChI is InChI=1S/C25H32N2O6S/c1-19(28)26-12-14-27(15-13-26)34(30,31)23-7-5-6-20(18-23)24(29)33-17-16-32-22-10-8-21(9-11-22)25(2,3)4/h5-11,18H,12-17H2,1-4H3. The minimum Gasteiger partial charge on any atom is -0.490 e. The van der Waals surface area contributed by atoms with Crippen LogP contribution in [-0.4, -0.2) is 68.9 Å². The highest BCUT2D eigenvalue weighted by Gasteiger charge is 2.29. The monoisotopic (exact) mass is 488 g/mol. The Morgan fingerprint density at radius 2 is 1.59 bits per heavy atom. The molecule has 0 saturated carbocycles. The number of carbonyl (C=O) groups excluding carboxylic acids is 2. The lowest BCUT2D eigenvalue weighted by Gasteiger charge is -2.33. The zero-order valence-corrected chi connectivity index (χ0v) is 20.9. The second-order valence-electron chi connectivity index (χ2n) is 9.20. The summed E-state index contributed by atoms with van der Waals surface area (Å²) in [4.78, 5) is 25.6. The van der Waals surface area contributed by atoms with Crippen LogP contribution in [-0.2, 0) is 25.0 Å². The van der Waals surface area contributed by atoms with Crippen molar-refractivity contribution >= 4 is 21.9 Å². The average Bonchev–Trinajstić information content (AvgIpc) is 2.81. The number of hydrogen-bond acceptors (Lipinski definition) is 6. The van der Waals surface area contributed by atoms with Gasteiger partial charge in [-0.1, -0.05) is 39.0 Å². The summed E-state index contributed by atoms with van der Waals surface area (Å²) in [5.41, 5.74) is 1.40. The molecule has 1 saturated heterocycles. The largest absolute Gasteiger partial charge is 0.490 e. The van der Waals surface area contributed by atoms with Crippen LogP contribution in [0.25, 0.3) is 0 Å². The third kappa shape index (κ3) is 6.36. The van der Waals surface area contributed by atoms with Crippen LogP contribution in [0, 0.1) is 0 Å². The number of amides is 1. The first kappa shape index (κ1) is 25.7. The Kier molecular flexibility index (Phi) is 7.99. The van der Waals surface area contributed by atoms with E-state index < -0.39 is 16.0 Å². The van der Waals surface area contributed by atoms with Crippen molar-refractivity contribution < 1.29 is 27.5 Å². The molecule has 0 spiro atoms. The zero-order chi connectivity index (χ0) is 24.9. The van der Waals surface area contributed by atoms with Crippen LogP contribution < -0.4 is 4.74 Å². The quantitative estimate of drug-likeness (QED) is 0.439. The number of hydrogen-bond donors (Lipinski definition) is 0. The minimum absolute atomic E-state index is 0.0217. The van der Waals surface area contributed by atoms with E-state index in [0.717, 1.165) is 0 Å². The van der Waals surface area contributed by atoms with Gasteiger partial charge in [0.1, 0.15) is 19.0 Å². The summed E-state index contributed by atoms with van der Waals surface area (Å²) >= 11 is 0. The van der Waals surface area contributed by atoms with E-state index in [-0.39, 0.29) is 48.1 Å². The van der Waals surface area contributed by atoms with Gasteiger partial charge in [0.15, 0.2) is 0 Å². The first-order valence-corrected chi connectivity index (χ1v) is 12.7. The lowest BCUT2D eigenvalue weighted by atomic mass is 9.87. The molecule has 1 heterocycles. The molecule has 0 bridgehead atoms. The van der Waals surface area contributed by atoms with Crippen molar-refractivity contribution in [2.75, 3.05) is 39.4 Å². The number of sulfonamides is 1. The summed E-state index contributed by atoms with van der Waals surface area (Å²) in [6.07, 6.45) is 0. The molecule has 1 aliphatic heterocycles. The lowest BCUT2D eigenvalue weighted by Crippen LogP contribution is -2.49. The van der Waals surface area contributed by atoms with Gasteiger partial charge in [-0.05, 0) is 41.3 Å². The molecular weight excluding hydrogens is 456 g/mol. The second-order valence-corrected chi connectivity index (χ2v) is 11.1. The van der Waals surface area contributed by atoms with Crippen LogP contribution >= 0.6 is 0 Å². The van der Waals surface area contributed by atoms with E-state index in [2.05, 4.69) is 20.8 Å². The molecule has 0 atom stereocenters. The summed E-state index contributed by atoms with van der Waals surface area (Å²) in [5, 5.41) is 0. The first-order chi connectivity index (χ1) is 16.0. The molecule has 0 aromatic heterocycles. The Hall–Kier alpha value is -2.91. The maximum Gasteiger partial charge on any atom is 0.338 e. The third-order valence-corrected chi connectivity index (χ3v) is 7.59. The summed E-state index contributed by atoms with van der Waals surface area (Å²) in [6, 6.07) is 13.6. The minimum atomic E-state index is -3.78. The van der Waals surface area contributed by atoms with Crippen LogP contribution in [0.3, 0.4) is 0 Å². The first-order valence-electron chi connectivity index (χ1n) is 11.2. The third-order valence-electron chi connectivity index (χ3n) is 5.70. The normalized spacial score (nSPS) is 15.1. The molecule has 9 heteroatoms. The molecule has 8 nitrogen and oxygen atoms in total. The molecule has 184 valence electrons. The van der Waals surface area contributed by atoms with Crippen LogP contribution in [0.1, 0.15) is 43.6 Å². The molecule has 1 aliphatic rings. The lowest BCUT2D eigenvalue weighted by molar-refractivity contribution is -0.129. The van der Waals surface area contributed by atoms with Gasteiger partial charge in [-0.3, -0.25) is 4.79 Å². The van der Waals surface area contributed by atoms with Gasteiger partial charge in [-0.15, -0.1) is 0 Å². The number of carbonyl (C=O) groups is 2. The van der Waals surface area contributed by atoms with Gasteiger partial charge in [0, 0.05) is 33.1 Å². The van der Waals surface area contributed by atoms with E-state index in [1.54, 1.807) is 4.90 Å². The molecule has 2 aromatic rings. The van der Waals surface area contributed by atoms with E-state index >= 15 is 0 Å². The van der Waals surface area contributed by atoms with Gasteiger partial charge >= 0.3 is 5.97 Å². The van der Waals surface area contributed by atoms with E-state index in [9.17, 15) is 18.0 Å². The van der Waals surface area contributed by atoms with Crippen LogP contribution in [0.5, 0.6) is 5.75 Å². The number of ether oxygens (including phenoxy) is 2. The highest BCUT2D eigenvalue weighted by atomic mass is 32.2. The number of nitrogens with zero attached hydrogens (tertiary/aromatic N) is 2. The molecule has 0 unspecified atom stereocenters. The topological polar surface area (TPSA) is 93.2 Å². The molecule has 2 aromatic carbocycles. The Bertz CT molecular complexity index is 1110. The van der Waals surface area contributed by atoms with Crippen molar-refractivity contribution in [3.05, 3.63) is 59.7 Å². The smallest absolute Gasteiger partial charge is 0.338 e. The summed E-state index contributed by atoms with van der Waals surface area (Å²) < 4.78 is 38.2. The molecule has 0 aliphatic carbocycles. The molecular formula is C25H32N2O6S. The average molecular weight is 489 g/mol. The van der Waals surface area contributed by atoms with Gasteiger partial charge in [0.05, 0.1) is 10.5 Å². The van der Waals surface area contributed by atoms with E-state index in [1.165, 1.54) is 41.1 Å². The molecule has 0 N–H and O–H groups in total. The van der Waals surface area contributed by atoms with Crippen LogP contribution in [0.15, 0.2) is 53.4 Å². The predicted octanol–water partition coefficient (Wildman–Crippen LogP) is 3.07. The number of piperazine rings is 1. The second kappa shape index (κ2) is 10.6. The fourth-order valence-corrected chi connectivity index (χ4v) is 5.07. The summed E-state index contributed by atoms with van der Waals surface area (Å²) in [7, 11) is -3.78. The Balaban J connectivity index is 1.54. The van der Waals surface area contributed by atoms with Gasteiger partial charge in [-0.2, -0.15) is 4.31 Å². The highest BCUT2D eigenvalue weighted by molar-refractivity contribution is 7.89. The molecule has 1 amide bonds. The predicted molar refractivity (Wildman–Crippen MR) is 128 cm³/mol. The maximum absolute atomic E-state index is 13.0. The number of benzene rings is 2. The summed E-state index contributed by atoms with van der Waals surface area (Å²) in [6.45, 7) is 9.20. The van der Waals surface area contributed by atoms with Gasteiger partial charge in [0.2, 0.25) is 15.9 Å². The van der Waals surface area contributed by atoms with Gasteiger partial charge in [0.25, 0.3) is 0 Å². The van der Waals surface area contributed by atoms with E-state index in [1.807, 2.05) is 24.3 Å². The molecule has 1 fully saturated rings. The van der Waals surface area contributed by atoms with Crippen LogP contribution in [0.2, 0.25) is 0 Å². The van der Waals surface area contributed by atoms with Crippen molar-refractivity contribution in [3.8, 4) is 5.75 Å². The highest BCUT2D eigenvalue weighted by Crippen LogP contribution is 2.24. The van der Waals surface area contributed by atoms with Gasteiger partial charge in [-0.25, -0.2) is 13.2 Å². The van der Waals surface area contributed by atoms with Crippen molar-refractivity contribution in [1.82, 2.24) is 9.21 Å². The number of esters is 1. The molecule has 3 rings (SSSR count). The van der Waals surface area contributed by atoms with Gasteiger partial charge < -0.3 is 14.4 Å². The van der Waals surface area contributed by atoms with Crippen molar-refractivity contribution in [1.29, 1.82) is 0 Å². The SMILES string of the molecule is CC(=O)N1CCN(S(=O)(=O)c2cccc(C(=O)OCCOc3ccc(C(C)(C)C)cc3)c2)CC1. The summed E-state index contributed by atoms with van der Waals surface area (Å²) in [5.74, 6) is -0.0140. The van der Waals surface area contributed by atoms with E-state index in [4.69, 9.17) is 9.47 Å². The zero-order valence-electron chi connectivity index (χ0n) is 20.1. The van der Waals surface area contributed by atoms with Crippen molar-refractivity contribution in [2.45, 2.75) is 38.0 Å². The Morgan fingerprint density at radius 3 is 2.18 bits per heavy atom. The van der Waals surface area contributed by atoms with Crippen molar-refractivity contribution in [3.63, 3.8) is 0 Å². The van der Waals surface area contributed by atoms with Crippen molar-refractivity contribution in [2.24, 2.45) is 0 Å². The van der Waals surface area contributed by atoms with E-state index in [0.29, 0.717) is 18.8 Å². The fraction of sp³-hybridized carbons (Fsp3) is 0.440. The Morgan fingerprint density at radius 1 is 0.941 bits per heavy atom. The fourth-order valence-electron chi connectivity index (χ4n) is 3.60.